The first-order valence-electron chi connectivity index (χ1n) is 10.5. The summed E-state index contributed by atoms with van der Waals surface area (Å²) in [6.07, 6.45) is 0.343. The molecule has 2 N–H and O–H groups in total. The molecule has 33 heavy (non-hydrogen) atoms. The van der Waals surface area contributed by atoms with Gasteiger partial charge in [-0.1, -0.05) is 47.6 Å². The smallest absolute Gasteiger partial charge is 0.354 e. The fourth-order valence-electron chi connectivity index (χ4n) is 3.54. The van der Waals surface area contributed by atoms with Gasteiger partial charge >= 0.3 is 5.97 Å². The third-order valence-electron chi connectivity index (χ3n) is 5.21. The van der Waals surface area contributed by atoms with Gasteiger partial charge in [0.2, 0.25) is 0 Å². The van der Waals surface area contributed by atoms with Crippen LogP contribution < -0.4 is 4.72 Å². The Morgan fingerprint density at radius 2 is 1.79 bits per heavy atom. The van der Waals surface area contributed by atoms with Gasteiger partial charge in [-0.15, -0.1) is 0 Å². The lowest BCUT2D eigenvalue weighted by Gasteiger charge is -2.26. The molecule has 2 aromatic carbocycles. The van der Waals surface area contributed by atoms with Crippen LogP contribution in [0.4, 0.5) is 0 Å². The van der Waals surface area contributed by atoms with Crippen LogP contribution in [0.2, 0.25) is 0 Å². The van der Waals surface area contributed by atoms with Crippen LogP contribution in [-0.4, -0.2) is 30.2 Å². The van der Waals surface area contributed by atoms with Crippen molar-refractivity contribution in [3.63, 3.8) is 0 Å². The van der Waals surface area contributed by atoms with Crippen molar-refractivity contribution in [2.24, 2.45) is 0 Å². The molecule has 0 aliphatic carbocycles. The molecule has 2 atom stereocenters. The average molecular weight is 464 g/mol. The first kappa shape index (κ1) is 22.8. The fraction of sp³-hybridized carbons (Fsp3) is 0.240. The SMILES string of the molecule is CC(C)(C)[S@](=O)N[C@@H](Cc1cccc(C(=O)O)n1)c1ccccc1-c1noc2ccccc12. The quantitative estimate of drug-likeness (QED) is 0.403. The summed E-state index contributed by atoms with van der Waals surface area (Å²) in [4.78, 5) is 15.7. The highest BCUT2D eigenvalue weighted by atomic mass is 32.2. The monoisotopic (exact) mass is 463 g/mol. The number of nitrogens with one attached hydrogen (secondary N) is 1. The third kappa shape index (κ3) is 5.02. The van der Waals surface area contributed by atoms with Crippen molar-refractivity contribution in [1.82, 2.24) is 14.9 Å². The van der Waals surface area contributed by atoms with Crippen LogP contribution in [0.1, 0.15) is 48.6 Å². The molecule has 0 saturated carbocycles. The number of para-hydroxylation sites is 1. The highest BCUT2D eigenvalue weighted by molar-refractivity contribution is 7.84. The number of aromatic carboxylic acids is 1. The van der Waals surface area contributed by atoms with Gasteiger partial charge in [-0.25, -0.2) is 18.7 Å². The van der Waals surface area contributed by atoms with Crippen molar-refractivity contribution < 1.29 is 18.6 Å². The Labute approximate surface area is 194 Å². The summed E-state index contributed by atoms with van der Waals surface area (Å²) in [5, 5.41) is 14.5. The molecule has 0 saturated heterocycles. The molecule has 0 aliphatic rings. The third-order valence-corrected chi connectivity index (χ3v) is 6.82. The van der Waals surface area contributed by atoms with E-state index in [-0.39, 0.29) is 5.69 Å². The molecule has 8 heteroatoms. The van der Waals surface area contributed by atoms with Gasteiger partial charge in [0.05, 0.1) is 21.8 Å². The molecular weight excluding hydrogens is 438 g/mol. The van der Waals surface area contributed by atoms with E-state index in [1.165, 1.54) is 6.07 Å². The summed E-state index contributed by atoms with van der Waals surface area (Å²) in [5.41, 5.74) is 3.65. The lowest BCUT2D eigenvalue weighted by Crippen LogP contribution is -2.36. The summed E-state index contributed by atoms with van der Waals surface area (Å²) in [6, 6.07) is 19.9. The molecule has 7 nitrogen and oxygen atoms in total. The molecule has 0 aliphatic heterocycles. The minimum Gasteiger partial charge on any atom is -0.477 e. The lowest BCUT2D eigenvalue weighted by molar-refractivity contribution is 0.0690. The number of carboxylic acids is 1. The van der Waals surface area contributed by atoms with E-state index >= 15 is 0 Å². The molecule has 0 unspecified atom stereocenters. The number of benzene rings is 2. The fourth-order valence-corrected chi connectivity index (χ4v) is 4.36. The van der Waals surface area contributed by atoms with E-state index in [4.69, 9.17) is 4.52 Å². The van der Waals surface area contributed by atoms with E-state index in [1.54, 1.807) is 12.1 Å². The van der Waals surface area contributed by atoms with Gasteiger partial charge in [-0.2, -0.15) is 0 Å². The number of carbonyl (C=O) groups is 1. The average Bonchev–Trinajstić information content (AvgIpc) is 3.22. The van der Waals surface area contributed by atoms with Crippen LogP contribution >= 0.6 is 0 Å². The van der Waals surface area contributed by atoms with Gasteiger partial charge in [-0.3, -0.25) is 0 Å². The van der Waals surface area contributed by atoms with Crippen molar-refractivity contribution >= 4 is 27.9 Å². The summed E-state index contributed by atoms with van der Waals surface area (Å²) in [5.74, 6) is -1.09. The second-order valence-electron chi connectivity index (χ2n) is 8.69. The van der Waals surface area contributed by atoms with Crippen molar-refractivity contribution in [3.05, 3.63) is 83.7 Å². The number of pyridine rings is 1. The zero-order valence-corrected chi connectivity index (χ0v) is 19.4. The molecule has 0 fully saturated rings. The number of fused-ring (bicyclic) bond motifs is 1. The predicted molar refractivity (Wildman–Crippen MR) is 128 cm³/mol. The van der Waals surface area contributed by atoms with E-state index in [2.05, 4.69) is 14.9 Å². The Morgan fingerprint density at radius 1 is 1.06 bits per heavy atom. The Bertz CT molecular complexity index is 1330. The second kappa shape index (κ2) is 9.25. The maximum Gasteiger partial charge on any atom is 0.354 e. The predicted octanol–water partition coefficient (Wildman–Crippen LogP) is 4.92. The zero-order valence-electron chi connectivity index (χ0n) is 18.6. The minimum atomic E-state index is -1.38. The number of nitrogens with zero attached hydrogens (tertiary/aromatic N) is 2. The van der Waals surface area contributed by atoms with E-state index < -0.39 is 27.7 Å². The van der Waals surface area contributed by atoms with Gasteiger partial charge in [0, 0.05) is 23.1 Å². The van der Waals surface area contributed by atoms with Crippen molar-refractivity contribution in [2.45, 2.75) is 38.0 Å². The highest BCUT2D eigenvalue weighted by Gasteiger charge is 2.27. The summed E-state index contributed by atoms with van der Waals surface area (Å²) in [7, 11) is -1.38. The second-order valence-corrected chi connectivity index (χ2v) is 10.7. The first-order valence-corrected chi connectivity index (χ1v) is 11.7. The standard InChI is InChI=1S/C25H25N3O4S/c1-25(2,3)33(31)28-21(15-16-9-8-13-20(26-16)24(29)30)17-10-4-5-11-18(17)23-19-12-6-7-14-22(19)32-27-23/h4-14,21,28H,15H2,1-3H3,(H,29,30)/t21-,33-/m0/s1. The van der Waals surface area contributed by atoms with Crippen molar-refractivity contribution in [3.8, 4) is 11.3 Å². The van der Waals surface area contributed by atoms with Gasteiger partial charge < -0.3 is 9.63 Å². The molecular formula is C25H25N3O4S. The van der Waals surface area contributed by atoms with Gasteiger partial charge in [0.1, 0.15) is 11.4 Å². The maximum atomic E-state index is 13.1. The van der Waals surface area contributed by atoms with Crippen molar-refractivity contribution in [1.29, 1.82) is 0 Å². The number of hydrogen-bond acceptors (Lipinski definition) is 5. The topological polar surface area (TPSA) is 105 Å². The Morgan fingerprint density at radius 3 is 2.55 bits per heavy atom. The van der Waals surface area contributed by atoms with Crippen LogP contribution in [0.15, 0.2) is 71.3 Å². The van der Waals surface area contributed by atoms with E-state index in [0.717, 1.165) is 16.5 Å². The van der Waals surface area contributed by atoms with Crippen LogP contribution in [0.3, 0.4) is 0 Å². The molecule has 0 amide bonds. The molecule has 0 spiro atoms. The summed E-state index contributed by atoms with van der Waals surface area (Å²) < 4.78 is 21.4. The summed E-state index contributed by atoms with van der Waals surface area (Å²) in [6.45, 7) is 5.69. The van der Waals surface area contributed by atoms with Crippen LogP contribution in [0.5, 0.6) is 0 Å². The van der Waals surface area contributed by atoms with E-state index in [1.807, 2.05) is 69.3 Å². The lowest BCUT2D eigenvalue weighted by atomic mass is 9.94. The molecule has 4 aromatic rings. The summed E-state index contributed by atoms with van der Waals surface area (Å²) >= 11 is 0. The van der Waals surface area contributed by atoms with Gasteiger partial charge in [-0.05, 0) is 50.6 Å². The van der Waals surface area contributed by atoms with Crippen LogP contribution in [0.25, 0.3) is 22.2 Å². The van der Waals surface area contributed by atoms with E-state index in [9.17, 15) is 14.1 Å². The zero-order chi connectivity index (χ0) is 23.6. The van der Waals surface area contributed by atoms with Crippen LogP contribution in [-0.2, 0) is 17.4 Å². The first-order chi connectivity index (χ1) is 15.7. The molecule has 2 aromatic heterocycles. The largest absolute Gasteiger partial charge is 0.477 e. The molecule has 2 heterocycles. The number of carboxylic acid groups (broad SMARTS) is 1. The normalized spacial score (nSPS) is 13.7. The van der Waals surface area contributed by atoms with Gasteiger partial charge in [0.15, 0.2) is 5.58 Å². The molecule has 170 valence electrons. The highest BCUT2D eigenvalue weighted by Crippen LogP contribution is 2.34. The molecule has 0 radical (unpaired) electrons. The van der Waals surface area contributed by atoms with Gasteiger partial charge in [0.25, 0.3) is 0 Å². The number of hydrogen-bond donors (Lipinski definition) is 2. The molecule has 0 bridgehead atoms. The Hall–Kier alpha value is -3.36. The minimum absolute atomic E-state index is 0.0287. The van der Waals surface area contributed by atoms with Crippen LogP contribution in [0, 0.1) is 0 Å². The maximum absolute atomic E-state index is 13.1. The molecule has 4 rings (SSSR count). The number of aromatic nitrogens is 2. The van der Waals surface area contributed by atoms with Crippen molar-refractivity contribution in [2.75, 3.05) is 0 Å². The Kier molecular flexibility index (Phi) is 6.40. The van der Waals surface area contributed by atoms with E-state index in [0.29, 0.717) is 23.4 Å². The number of rotatable bonds is 7. The Balaban J connectivity index is 1.80.